The SMILES string of the molecule is CCCc1nc(C(=O)NCC2CN(CC)CCO2)n[nH]1. The molecule has 0 aromatic carbocycles. The average molecular weight is 281 g/mol. The van der Waals surface area contributed by atoms with Gasteiger partial charge in [-0.25, -0.2) is 4.98 Å². The molecule has 0 radical (unpaired) electrons. The quantitative estimate of drug-likeness (QED) is 0.778. The van der Waals surface area contributed by atoms with Gasteiger partial charge in [0.1, 0.15) is 5.82 Å². The third-order valence-corrected chi connectivity index (χ3v) is 3.38. The molecule has 1 aliphatic rings. The van der Waals surface area contributed by atoms with E-state index in [0.717, 1.165) is 44.9 Å². The number of morpholine rings is 1. The number of carbonyl (C=O) groups is 1. The van der Waals surface area contributed by atoms with Gasteiger partial charge in [0.2, 0.25) is 5.82 Å². The van der Waals surface area contributed by atoms with Crippen molar-refractivity contribution in [3.05, 3.63) is 11.6 Å². The maximum Gasteiger partial charge on any atom is 0.291 e. The monoisotopic (exact) mass is 281 g/mol. The number of amides is 1. The minimum absolute atomic E-state index is 0.0432. The van der Waals surface area contributed by atoms with E-state index in [0.29, 0.717) is 6.54 Å². The lowest BCUT2D eigenvalue weighted by Crippen LogP contribution is -2.47. The molecule has 2 N–H and O–H groups in total. The summed E-state index contributed by atoms with van der Waals surface area (Å²) in [7, 11) is 0. The minimum Gasteiger partial charge on any atom is -0.374 e. The van der Waals surface area contributed by atoms with E-state index >= 15 is 0 Å². The minimum atomic E-state index is -0.249. The Morgan fingerprint density at radius 3 is 3.15 bits per heavy atom. The Morgan fingerprint density at radius 2 is 2.40 bits per heavy atom. The molecule has 2 rings (SSSR count). The van der Waals surface area contributed by atoms with Crippen LogP contribution in [0.5, 0.6) is 0 Å². The number of carbonyl (C=O) groups excluding carboxylic acids is 1. The van der Waals surface area contributed by atoms with E-state index in [2.05, 4.69) is 39.2 Å². The zero-order valence-corrected chi connectivity index (χ0v) is 12.2. The summed E-state index contributed by atoms with van der Waals surface area (Å²) < 4.78 is 5.64. The lowest BCUT2D eigenvalue weighted by atomic mass is 10.2. The van der Waals surface area contributed by atoms with Crippen molar-refractivity contribution in [3.8, 4) is 0 Å². The lowest BCUT2D eigenvalue weighted by molar-refractivity contribution is -0.0246. The van der Waals surface area contributed by atoms with E-state index in [4.69, 9.17) is 4.74 Å². The predicted molar refractivity (Wildman–Crippen MR) is 74.6 cm³/mol. The Kier molecular flexibility index (Phi) is 5.49. The van der Waals surface area contributed by atoms with Gasteiger partial charge in [0.05, 0.1) is 12.7 Å². The van der Waals surface area contributed by atoms with Crippen molar-refractivity contribution in [2.45, 2.75) is 32.8 Å². The zero-order chi connectivity index (χ0) is 14.4. The van der Waals surface area contributed by atoms with Crippen molar-refractivity contribution >= 4 is 5.91 Å². The molecule has 1 aliphatic heterocycles. The summed E-state index contributed by atoms with van der Waals surface area (Å²) in [6.07, 6.45) is 1.82. The summed E-state index contributed by atoms with van der Waals surface area (Å²) in [5.74, 6) is 0.709. The van der Waals surface area contributed by atoms with Crippen LogP contribution in [0.1, 0.15) is 36.7 Å². The molecule has 1 amide bonds. The Balaban J connectivity index is 1.79. The van der Waals surface area contributed by atoms with Gasteiger partial charge in [0, 0.05) is 26.1 Å². The Morgan fingerprint density at radius 1 is 1.55 bits per heavy atom. The Hall–Kier alpha value is -1.47. The maximum absolute atomic E-state index is 11.9. The van der Waals surface area contributed by atoms with Crippen molar-refractivity contribution in [1.82, 2.24) is 25.4 Å². The summed E-state index contributed by atoms with van der Waals surface area (Å²) in [5, 5.41) is 9.54. The first kappa shape index (κ1) is 14.9. The number of H-pyrrole nitrogens is 1. The summed E-state index contributed by atoms with van der Waals surface area (Å²) in [6, 6.07) is 0. The molecular weight excluding hydrogens is 258 g/mol. The largest absolute Gasteiger partial charge is 0.374 e. The number of aromatic amines is 1. The first-order chi connectivity index (χ1) is 9.72. The normalized spacial score (nSPS) is 20.0. The van der Waals surface area contributed by atoms with Gasteiger partial charge in [-0.1, -0.05) is 13.8 Å². The average Bonchev–Trinajstić information content (AvgIpc) is 2.94. The number of rotatable bonds is 6. The topological polar surface area (TPSA) is 83.1 Å². The van der Waals surface area contributed by atoms with E-state index in [1.54, 1.807) is 0 Å². The molecule has 2 heterocycles. The van der Waals surface area contributed by atoms with E-state index in [1.165, 1.54) is 0 Å². The molecule has 1 fully saturated rings. The molecule has 0 saturated carbocycles. The van der Waals surface area contributed by atoms with Gasteiger partial charge in [0.15, 0.2) is 0 Å². The molecule has 0 aliphatic carbocycles. The second kappa shape index (κ2) is 7.35. The molecule has 1 aromatic heterocycles. The standard InChI is InChI=1S/C13H23N5O2/c1-3-5-11-15-12(17-16-11)13(19)14-8-10-9-18(4-2)6-7-20-10/h10H,3-9H2,1-2H3,(H,14,19)(H,15,16,17). The number of ether oxygens (including phenoxy) is 1. The molecule has 112 valence electrons. The number of likely N-dealkylation sites (N-methyl/N-ethyl adjacent to an activating group) is 1. The molecule has 7 nitrogen and oxygen atoms in total. The first-order valence-corrected chi connectivity index (χ1v) is 7.26. The van der Waals surface area contributed by atoms with E-state index in [9.17, 15) is 4.79 Å². The van der Waals surface area contributed by atoms with Gasteiger partial charge in [0.25, 0.3) is 5.91 Å². The highest BCUT2D eigenvalue weighted by Crippen LogP contribution is 2.04. The van der Waals surface area contributed by atoms with Crippen LogP contribution in [0.2, 0.25) is 0 Å². The van der Waals surface area contributed by atoms with Gasteiger partial charge in [-0.05, 0) is 13.0 Å². The third-order valence-electron chi connectivity index (χ3n) is 3.38. The fourth-order valence-corrected chi connectivity index (χ4v) is 2.22. The number of aryl methyl sites for hydroxylation is 1. The second-order valence-electron chi connectivity index (χ2n) is 4.95. The number of nitrogens with zero attached hydrogens (tertiary/aromatic N) is 3. The summed E-state index contributed by atoms with van der Waals surface area (Å²) in [6.45, 7) is 8.22. The van der Waals surface area contributed by atoms with Gasteiger partial charge >= 0.3 is 0 Å². The van der Waals surface area contributed by atoms with Crippen LogP contribution in [0.3, 0.4) is 0 Å². The van der Waals surface area contributed by atoms with Crippen molar-refractivity contribution < 1.29 is 9.53 Å². The number of aromatic nitrogens is 3. The highest BCUT2D eigenvalue weighted by molar-refractivity contribution is 5.90. The van der Waals surface area contributed by atoms with Crippen molar-refractivity contribution in [2.24, 2.45) is 0 Å². The molecule has 1 saturated heterocycles. The molecule has 1 unspecified atom stereocenters. The smallest absolute Gasteiger partial charge is 0.291 e. The highest BCUT2D eigenvalue weighted by atomic mass is 16.5. The summed E-state index contributed by atoms with van der Waals surface area (Å²) in [5.41, 5.74) is 0. The Bertz CT molecular complexity index is 434. The first-order valence-electron chi connectivity index (χ1n) is 7.26. The van der Waals surface area contributed by atoms with Crippen LogP contribution in [-0.2, 0) is 11.2 Å². The molecule has 7 heteroatoms. The highest BCUT2D eigenvalue weighted by Gasteiger charge is 2.20. The molecule has 0 bridgehead atoms. The second-order valence-corrected chi connectivity index (χ2v) is 4.95. The number of hydrogen-bond acceptors (Lipinski definition) is 5. The molecule has 1 atom stereocenters. The van der Waals surface area contributed by atoms with Gasteiger partial charge in [-0.15, -0.1) is 5.10 Å². The molecule has 1 aromatic rings. The van der Waals surface area contributed by atoms with Crippen LogP contribution in [0.15, 0.2) is 0 Å². The number of nitrogens with one attached hydrogen (secondary N) is 2. The van der Waals surface area contributed by atoms with E-state index in [-0.39, 0.29) is 17.8 Å². The van der Waals surface area contributed by atoms with Crippen LogP contribution in [0.25, 0.3) is 0 Å². The number of hydrogen-bond donors (Lipinski definition) is 2. The van der Waals surface area contributed by atoms with Crippen LogP contribution >= 0.6 is 0 Å². The fourth-order valence-electron chi connectivity index (χ4n) is 2.22. The fraction of sp³-hybridized carbons (Fsp3) is 0.769. The van der Waals surface area contributed by atoms with Gasteiger partial charge in [-0.3, -0.25) is 14.8 Å². The van der Waals surface area contributed by atoms with E-state index < -0.39 is 0 Å². The van der Waals surface area contributed by atoms with Crippen molar-refractivity contribution in [3.63, 3.8) is 0 Å². The van der Waals surface area contributed by atoms with Crippen LogP contribution in [-0.4, -0.2) is 64.9 Å². The zero-order valence-electron chi connectivity index (χ0n) is 12.2. The summed E-state index contributed by atoms with van der Waals surface area (Å²) >= 11 is 0. The molecule has 0 spiro atoms. The summed E-state index contributed by atoms with van der Waals surface area (Å²) in [4.78, 5) is 18.4. The van der Waals surface area contributed by atoms with Crippen molar-refractivity contribution in [2.75, 3.05) is 32.8 Å². The molecular formula is C13H23N5O2. The maximum atomic E-state index is 11.9. The predicted octanol–water partition coefficient (Wildman–Crippen LogP) is 0.208. The van der Waals surface area contributed by atoms with Crippen LogP contribution in [0, 0.1) is 0 Å². The van der Waals surface area contributed by atoms with Gasteiger partial charge < -0.3 is 10.1 Å². The van der Waals surface area contributed by atoms with Gasteiger partial charge in [-0.2, -0.15) is 0 Å². The Labute approximate surface area is 119 Å². The van der Waals surface area contributed by atoms with Crippen LogP contribution in [0.4, 0.5) is 0 Å². The van der Waals surface area contributed by atoms with Crippen LogP contribution < -0.4 is 5.32 Å². The third kappa shape index (κ3) is 4.01. The van der Waals surface area contributed by atoms with Crippen molar-refractivity contribution in [1.29, 1.82) is 0 Å². The van der Waals surface area contributed by atoms with E-state index in [1.807, 2.05) is 0 Å². The molecule has 20 heavy (non-hydrogen) atoms. The lowest BCUT2D eigenvalue weighted by Gasteiger charge is -2.31.